The van der Waals surface area contributed by atoms with Crippen molar-refractivity contribution in [1.82, 2.24) is 9.97 Å². The minimum atomic E-state index is -1.32. The lowest BCUT2D eigenvalue weighted by Gasteiger charge is -2.02. The van der Waals surface area contributed by atoms with Gasteiger partial charge in [0.25, 0.3) is 5.56 Å². The number of carboxylic acids is 1. The first-order valence-electron chi connectivity index (χ1n) is 4.67. The van der Waals surface area contributed by atoms with E-state index in [0.29, 0.717) is 10.6 Å². The van der Waals surface area contributed by atoms with E-state index in [1.54, 1.807) is 24.3 Å². The molecule has 2 rings (SSSR count). The number of halogens is 1. The van der Waals surface area contributed by atoms with Crippen molar-refractivity contribution in [3.8, 4) is 11.4 Å². The molecule has 0 aliphatic rings. The summed E-state index contributed by atoms with van der Waals surface area (Å²) in [5.74, 6) is -1.07. The molecule has 0 unspecified atom stereocenters. The number of H-pyrrole nitrogens is 1. The highest BCUT2D eigenvalue weighted by Crippen LogP contribution is 2.23. The monoisotopic (exact) mass is 250 g/mol. The molecule has 2 aromatic rings. The summed E-state index contributed by atoms with van der Waals surface area (Å²) in [6.07, 6.45) is 1.01. The van der Waals surface area contributed by atoms with Crippen LogP contribution in [0.4, 0.5) is 0 Å². The fraction of sp³-hybridized carbons (Fsp3) is 0. The van der Waals surface area contributed by atoms with Gasteiger partial charge in [0.1, 0.15) is 11.4 Å². The number of nitrogens with zero attached hydrogens (tertiary/aromatic N) is 1. The molecule has 0 aliphatic heterocycles. The van der Waals surface area contributed by atoms with Crippen molar-refractivity contribution in [2.75, 3.05) is 0 Å². The second-order valence-electron chi connectivity index (χ2n) is 3.26. The summed E-state index contributed by atoms with van der Waals surface area (Å²) < 4.78 is 0. The summed E-state index contributed by atoms with van der Waals surface area (Å²) in [6.45, 7) is 0. The number of aromatic nitrogens is 2. The maximum absolute atomic E-state index is 11.4. The molecule has 0 radical (unpaired) electrons. The van der Waals surface area contributed by atoms with Crippen LogP contribution in [0.1, 0.15) is 10.4 Å². The second-order valence-corrected chi connectivity index (χ2v) is 3.67. The molecule has 0 fully saturated rings. The largest absolute Gasteiger partial charge is 0.477 e. The van der Waals surface area contributed by atoms with Gasteiger partial charge in [0.05, 0.1) is 5.02 Å². The molecule has 0 atom stereocenters. The van der Waals surface area contributed by atoms with E-state index >= 15 is 0 Å². The highest BCUT2D eigenvalue weighted by Gasteiger charge is 2.11. The molecule has 1 aromatic heterocycles. The van der Waals surface area contributed by atoms with Gasteiger partial charge < -0.3 is 10.1 Å². The summed E-state index contributed by atoms with van der Waals surface area (Å²) in [5, 5.41) is 9.13. The predicted molar refractivity (Wildman–Crippen MR) is 62.3 cm³/mol. The number of carboxylic acid groups (broad SMARTS) is 1. The highest BCUT2D eigenvalue weighted by atomic mass is 35.5. The van der Waals surface area contributed by atoms with Crippen LogP contribution in [-0.2, 0) is 0 Å². The first-order valence-corrected chi connectivity index (χ1v) is 5.05. The van der Waals surface area contributed by atoms with E-state index in [0.717, 1.165) is 6.20 Å². The lowest BCUT2D eigenvalue weighted by Crippen LogP contribution is -2.18. The number of aromatic amines is 1. The van der Waals surface area contributed by atoms with E-state index in [1.807, 2.05) is 0 Å². The smallest absolute Gasteiger partial charge is 0.342 e. The zero-order chi connectivity index (χ0) is 12.4. The molecule has 17 heavy (non-hydrogen) atoms. The van der Waals surface area contributed by atoms with Crippen LogP contribution < -0.4 is 5.56 Å². The summed E-state index contributed by atoms with van der Waals surface area (Å²) in [4.78, 5) is 28.4. The van der Waals surface area contributed by atoms with Gasteiger partial charge in [-0.1, -0.05) is 23.7 Å². The van der Waals surface area contributed by atoms with Crippen molar-refractivity contribution < 1.29 is 9.90 Å². The Balaban J connectivity index is 2.57. The number of hydrogen-bond acceptors (Lipinski definition) is 3. The minimum Gasteiger partial charge on any atom is -0.477 e. The van der Waals surface area contributed by atoms with Gasteiger partial charge in [-0.2, -0.15) is 0 Å². The number of rotatable bonds is 2. The Morgan fingerprint density at radius 2 is 2.06 bits per heavy atom. The van der Waals surface area contributed by atoms with E-state index in [2.05, 4.69) is 9.97 Å². The minimum absolute atomic E-state index is 0.241. The Morgan fingerprint density at radius 3 is 2.65 bits per heavy atom. The molecule has 0 amide bonds. The Morgan fingerprint density at radius 1 is 1.35 bits per heavy atom. The van der Waals surface area contributed by atoms with Gasteiger partial charge in [0, 0.05) is 11.8 Å². The molecule has 1 aromatic carbocycles. The quantitative estimate of drug-likeness (QED) is 0.851. The number of benzene rings is 1. The number of hydrogen-bond donors (Lipinski definition) is 2. The van der Waals surface area contributed by atoms with Gasteiger partial charge in [0.15, 0.2) is 0 Å². The Kier molecular flexibility index (Phi) is 2.93. The van der Waals surface area contributed by atoms with Gasteiger partial charge in [-0.25, -0.2) is 9.78 Å². The number of carbonyl (C=O) groups is 1. The molecule has 0 bridgehead atoms. The van der Waals surface area contributed by atoms with Crippen LogP contribution in [0, 0.1) is 0 Å². The lowest BCUT2D eigenvalue weighted by atomic mass is 10.2. The van der Waals surface area contributed by atoms with Crippen molar-refractivity contribution in [2.24, 2.45) is 0 Å². The SMILES string of the molecule is O=C(O)c1cnc(-c2ccccc2Cl)[nH]c1=O. The van der Waals surface area contributed by atoms with Crippen molar-refractivity contribution in [3.05, 3.63) is 51.4 Å². The van der Waals surface area contributed by atoms with Gasteiger partial charge >= 0.3 is 5.97 Å². The standard InChI is InChI=1S/C11H7ClN2O3/c12-8-4-2-1-3-6(8)9-13-5-7(11(16)17)10(15)14-9/h1-5H,(H,16,17)(H,13,14,15). The Hall–Kier alpha value is -2.14. The first-order chi connectivity index (χ1) is 8.09. The third-order valence-corrected chi connectivity index (χ3v) is 2.49. The van der Waals surface area contributed by atoms with E-state index in [9.17, 15) is 9.59 Å². The Bertz CT molecular complexity index is 637. The van der Waals surface area contributed by atoms with Crippen LogP contribution in [0.3, 0.4) is 0 Å². The topological polar surface area (TPSA) is 83.0 Å². The van der Waals surface area contributed by atoms with Crippen LogP contribution in [0.25, 0.3) is 11.4 Å². The molecule has 0 saturated heterocycles. The zero-order valence-corrected chi connectivity index (χ0v) is 9.23. The van der Waals surface area contributed by atoms with E-state index in [1.165, 1.54) is 0 Å². The van der Waals surface area contributed by atoms with Gasteiger partial charge in [-0.3, -0.25) is 4.79 Å². The van der Waals surface area contributed by atoms with Crippen molar-refractivity contribution in [3.63, 3.8) is 0 Å². The highest BCUT2D eigenvalue weighted by molar-refractivity contribution is 6.33. The van der Waals surface area contributed by atoms with Crippen molar-refractivity contribution in [1.29, 1.82) is 0 Å². The fourth-order valence-corrected chi connectivity index (χ4v) is 1.56. The maximum Gasteiger partial charge on any atom is 0.342 e. The van der Waals surface area contributed by atoms with Gasteiger partial charge in [-0.05, 0) is 12.1 Å². The molecule has 6 heteroatoms. The molecule has 0 spiro atoms. The predicted octanol–water partition coefficient (Wildman–Crippen LogP) is 1.79. The van der Waals surface area contributed by atoms with Crippen molar-refractivity contribution >= 4 is 17.6 Å². The molecular weight excluding hydrogens is 244 g/mol. The van der Waals surface area contributed by atoms with E-state index in [-0.39, 0.29) is 5.82 Å². The maximum atomic E-state index is 11.4. The molecule has 1 heterocycles. The van der Waals surface area contributed by atoms with Crippen LogP contribution in [-0.4, -0.2) is 21.0 Å². The van der Waals surface area contributed by atoms with Crippen LogP contribution >= 0.6 is 11.6 Å². The lowest BCUT2D eigenvalue weighted by molar-refractivity contribution is 0.0694. The van der Waals surface area contributed by atoms with Crippen molar-refractivity contribution in [2.45, 2.75) is 0 Å². The van der Waals surface area contributed by atoms with Gasteiger partial charge in [-0.15, -0.1) is 0 Å². The second kappa shape index (κ2) is 4.39. The summed E-state index contributed by atoms with van der Waals surface area (Å²) in [6, 6.07) is 6.82. The summed E-state index contributed by atoms with van der Waals surface area (Å²) >= 11 is 5.94. The van der Waals surface area contributed by atoms with Crippen LogP contribution in [0.5, 0.6) is 0 Å². The Labute approximate surface area is 101 Å². The molecule has 2 N–H and O–H groups in total. The molecule has 0 saturated carbocycles. The average molecular weight is 251 g/mol. The van der Waals surface area contributed by atoms with Crippen LogP contribution in [0.2, 0.25) is 5.02 Å². The van der Waals surface area contributed by atoms with E-state index in [4.69, 9.17) is 16.7 Å². The fourth-order valence-electron chi connectivity index (χ4n) is 1.34. The third-order valence-electron chi connectivity index (χ3n) is 2.16. The van der Waals surface area contributed by atoms with E-state index < -0.39 is 17.1 Å². The molecule has 86 valence electrons. The summed E-state index contributed by atoms with van der Waals surface area (Å²) in [7, 11) is 0. The van der Waals surface area contributed by atoms with Crippen LogP contribution in [0.15, 0.2) is 35.3 Å². The van der Waals surface area contributed by atoms with Gasteiger partial charge in [0.2, 0.25) is 0 Å². The first kappa shape index (κ1) is 11.3. The number of nitrogens with one attached hydrogen (secondary N) is 1. The third kappa shape index (κ3) is 2.19. The normalized spacial score (nSPS) is 10.2. The molecular formula is C11H7ClN2O3. The summed E-state index contributed by atoms with van der Waals surface area (Å²) in [5.41, 5.74) is -0.563. The molecule has 0 aliphatic carbocycles. The number of aromatic carboxylic acids is 1. The molecule has 5 nitrogen and oxygen atoms in total. The average Bonchev–Trinajstić information content (AvgIpc) is 2.29. The zero-order valence-electron chi connectivity index (χ0n) is 8.48.